The summed E-state index contributed by atoms with van der Waals surface area (Å²) in [7, 11) is 0. The van der Waals surface area contributed by atoms with Crippen molar-refractivity contribution in [2.45, 2.75) is 77.4 Å². The van der Waals surface area contributed by atoms with Gasteiger partial charge >= 0.3 is 0 Å². The summed E-state index contributed by atoms with van der Waals surface area (Å²) in [6, 6.07) is 1.96. The fraction of sp³-hybridized carbons (Fsp3) is 0.667. The van der Waals surface area contributed by atoms with Gasteiger partial charge in [0.2, 0.25) is 5.91 Å². The molecular formula is C24H30F2N4O3. The van der Waals surface area contributed by atoms with Gasteiger partial charge in [0.25, 0.3) is 5.92 Å². The highest BCUT2D eigenvalue weighted by molar-refractivity contribution is 6.04. The average molecular weight is 461 g/mol. The molecule has 2 heterocycles. The van der Waals surface area contributed by atoms with Gasteiger partial charge in [0.1, 0.15) is 23.9 Å². The smallest absolute Gasteiger partial charge is 0.291 e. The maximum Gasteiger partial charge on any atom is 0.291 e. The quantitative estimate of drug-likeness (QED) is 0.673. The minimum atomic E-state index is -3.00. The number of nitrogens with zero attached hydrogens (tertiary/aromatic N) is 4. The third kappa shape index (κ3) is 4.21. The number of nitriles is 1. The number of alkyl halides is 2. The second-order valence-corrected chi connectivity index (χ2v) is 10.0. The van der Waals surface area contributed by atoms with Crippen molar-refractivity contribution in [1.29, 1.82) is 5.26 Å². The molecule has 2 aliphatic carbocycles. The number of hydrogen-bond acceptors (Lipinski definition) is 5. The van der Waals surface area contributed by atoms with E-state index in [1.165, 1.54) is 4.68 Å². The number of allylic oxidation sites excluding steroid dienone is 1. The number of halogens is 2. The molecule has 178 valence electrons. The molecule has 1 aromatic rings. The van der Waals surface area contributed by atoms with E-state index in [-0.39, 0.29) is 49.1 Å². The summed E-state index contributed by atoms with van der Waals surface area (Å²) in [5, 5.41) is 13.6. The first-order valence-electron chi connectivity index (χ1n) is 11.6. The van der Waals surface area contributed by atoms with Crippen LogP contribution >= 0.6 is 0 Å². The second kappa shape index (κ2) is 8.32. The Labute approximate surface area is 192 Å². The van der Waals surface area contributed by atoms with Gasteiger partial charge in [0, 0.05) is 29.6 Å². The maximum absolute atomic E-state index is 14.7. The molecule has 1 atom stereocenters. The molecule has 33 heavy (non-hydrogen) atoms. The molecule has 4 rings (SSSR count). The monoisotopic (exact) mass is 460 g/mol. The summed E-state index contributed by atoms with van der Waals surface area (Å²) in [6.07, 6.45) is 3.97. The minimum Gasteiger partial charge on any atom is -0.367 e. The van der Waals surface area contributed by atoms with Crippen molar-refractivity contribution in [3.8, 4) is 6.07 Å². The number of rotatable bonds is 5. The van der Waals surface area contributed by atoms with Crippen molar-refractivity contribution in [1.82, 2.24) is 14.7 Å². The Bertz CT molecular complexity index is 1050. The standard InChI is InChI=1S/C24H30F2N4O3/c1-4-8-24(25,26)20-17-6-5-7-18(17)30(28-20)13-19(31)29-9-10-33-23(15-29)11-16(12-27)21(32)22(2,3)14-23/h11H,4-10,13-15H2,1-3H3. The van der Waals surface area contributed by atoms with Crippen LogP contribution in [0, 0.1) is 16.7 Å². The molecule has 1 aliphatic heterocycles. The highest BCUT2D eigenvalue weighted by atomic mass is 19.3. The summed E-state index contributed by atoms with van der Waals surface area (Å²) < 4.78 is 36.8. The first kappa shape index (κ1) is 23.6. The van der Waals surface area contributed by atoms with Crippen molar-refractivity contribution in [3.05, 3.63) is 28.6 Å². The Morgan fingerprint density at radius 3 is 2.82 bits per heavy atom. The first-order valence-corrected chi connectivity index (χ1v) is 11.6. The third-order valence-corrected chi connectivity index (χ3v) is 6.89. The number of carbonyl (C=O) groups is 2. The number of carbonyl (C=O) groups excluding carboxylic acids is 2. The summed E-state index contributed by atoms with van der Waals surface area (Å²) in [5.74, 6) is -3.46. The zero-order valence-electron chi connectivity index (χ0n) is 19.4. The topological polar surface area (TPSA) is 88.2 Å². The molecular weight excluding hydrogens is 430 g/mol. The molecule has 1 spiro atoms. The van der Waals surface area contributed by atoms with Crippen LogP contribution in [0.5, 0.6) is 0 Å². The van der Waals surface area contributed by atoms with E-state index in [2.05, 4.69) is 5.10 Å². The highest BCUT2D eigenvalue weighted by Crippen LogP contribution is 2.42. The lowest BCUT2D eigenvalue weighted by molar-refractivity contribution is -0.152. The van der Waals surface area contributed by atoms with Gasteiger partial charge in [-0.25, -0.2) is 0 Å². The molecule has 3 aliphatic rings. The Balaban J connectivity index is 1.56. The summed E-state index contributed by atoms with van der Waals surface area (Å²) in [5.41, 5.74) is -0.511. The number of ketones is 1. The van der Waals surface area contributed by atoms with Crippen LogP contribution in [0.3, 0.4) is 0 Å². The van der Waals surface area contributed by atoms with E-state index in [1.807, 2.05) is 6.07 Å². The predicted molar refractivity (Wildman–Crippen MR) is 115 cm³/mol. The summed E-state index contributed by atoms with van der Waals surface area (Å²) in [6.45, 7) is 5.98. The van der Waals surface area contributed by atoms with Crippen molar-refractivity contribution < 1.29 is 23.1 Å². The number of morpholine rings is 1. The van der Waals surface area contributed by atoms with Gasteiger partial charge in [0.05, 0.1) is 18.7 Å². The maximum atomic E-state index is 14.7. The van der Waals surface area contributed by atoms with E-state index in [0.717, 1.165) is 12.1 Å². The van der Waals surface area contributed by atoms with E-state index < -0.39 is 16.9 Å². The molecule has 9 heteroatoms. The second-order valence-electron chi connectivity index (χ2n) is 10.0. The Kier molecular flexibility index (Phi) is 5.94. The molecule has 1 saturated heterocycles. The number of aromatic nitrogens is 2. The Morgan fingerprint density at radius 2 is 2.12 bits per heavy atom. The molecule has 0 N–H and O–H groups in total. The number of fused-ring (bicyclic) bond motifs is 1. The number of ether oxygens (including phenoxy) is 1. The van der Waals surface area contributed by atoms with E-state index >= 15 is 0 Å². The van der Waals surface area contributed by atoms with Crippen molar-refractivity contribution in [2.24, 2.45) is 5.41 Å². The predicted octanol–water partition coefficient (Wildman–Crippen LogP) is 3.31. The number of Topliss-reactive ketones (excluding diaryl/α,β-unsaturated/α-hetero) is 1. The van der Waals surface area contributed by atoms with Gasteiger partial charge in [-0.2, -0.15) is 19.1 Å². The molecule has 0 bridgehead atoms. The first-order chi connectivity index (χ1) is 15.5. The van der Waals surface area contributed by atoms with Crippen LogP contribution in [0.2, 0.25) is 0 Å². The molecule has 0 radical (unpaired) electrons. The summed E-state index contributed by atoms with van der Waals surface area (Å²) in [4.78, 5) is 27.4. The van der Waals surface area contributed by atoms with Gasteiger partial charge in [0.15, 0.2) is 5.78 Å². The third-order valence-electron chi connectivity index (χ3n) is 6.89. The fourth-order valence-corrected chi connectivity index (χ4v) is 5.46. The van der Waals surface area contributed by atoms with E-state index in [4.69, 9.17) is 4.74 Å². The SMILES string of the molecule is CCCC(F)(F)c1nn(CC(=O)N2CCOC3(C=C(C#N)C(=O)C(C)(C)C3)C2)c2c1CCC2. The number of amides is 1. The van der Waals surface area contributed by atoms with E-state index in [9.17, 15) is 23.6 Å². The Hall–Kier alpha value is -2.60. The highest BCUT2D eigenvalue weighted by Gasteiger charge is 2.48. The minimum absolute atomic E-state index is 0.0493. The zero-order chi connectivity index (χ0) is 24.0. The largest absolute Gasteiger partial charge is 0.367 e. The van der Waals surface area contributed by atoms with Gasteiger partial charge in [-0.05, 0) is 31.8 Å². The number of hydrogen-bond donors (Lipinski definition) is 0. The summed E-state index contributed by atoms with van der Waals surface area (Å²) >= 11 is 0. The molecule has 1 amide bonds. The molecule has 0 saturated carbocycles. The lowest BCUT2D eigenvalue weighted by Gasteiger charge is -2.46. The molecule has 1 aromatic heterocycles. The van der Waals surface area contributed by atoms with Crippen LogP contribution in [-0.2, 0) is 39.6 Å². The molecule has 7 nitrogen and oxygen atoms in total. The van der Waals surface area contributed by atoms with Crippen LogP contribution in [0.1, 0.15) is 63.4 Å². The van der Waals surface area contributed by atoms with Crippen LogP contribution in [0.15, 0.2) is 11.6 Å². The van der Waals surface area contributed by atoms with Crippen molar-refractivity contribution in [3.63, 3.8) is 0 Å². The average Bonchev–Trinajstić information content (AvgIpc) is 3.34. The molecule has 1 unspecified atom stereocenters. The lowest BCUT2D eigenvalue weighted by Crippen LogP contribution is -2.57. The van der Waals surface area contributed by atoms with Crippen molar-refractivity contribution >= 4 is 11.7 Å². The van der Waals surface area contributed by atoms with Gasteiger partial charge < -0.3 is 9.64 Å². The van der Waals surface area contributed by atoms with Crippen LogP contribution < -0.4 is 0 Å². The van der Waals surface area contributed by atoms with Gasteiger partial charge in [-0.3, -0.25) is 14.3 Å². The van der Waals surface area contributed by atoms with Gasteiger partial charge in [-0.1, -0.05) is 27.2 Å². The van der Waals surface area contributed by atoms with Crippen molar-refractivity contribution in [2.75, 3.05) is 19.7 Å². The van der Waals surface area contributed by atoms with E-state index in [1.54, 1.807) is 31.7 Å². The fourth-order valence-electron chi connectivity index (χ4n) is 5.46. The van der Waals surface area contributed by atoms with Gasteiger partial charge in [-0.15, -0.1) is 0 Å². The zero-order valence-corrected chi connectivity index (χ0v) is 19.4. The normalized spacial score (nSPS) is 24.5. The van der Waals surface area contributed by atoms with Crippen LogP contribution in [0.25, 0.3) is 0 Å². The molecule has 0 aromatic carbocycles. The Morgan fingerprint density at radius 1 is 1.36 bits per heavy atom. The van der Waals surface area contributed by atoms with Crippen LogP contribution in [0.4, 0.5) is 8.78 Å². The molecule has 1 fully saturated rings. The lowest BCUT2D eigenvalue weighted by atomic mass is 9.69. The van der Waals surface area contributed by atoms with Crippen LogP contribution in [-0.4, -0.2) is 51.7 Å². The van der Waals surface area contributed by atoms with E-state index in [0.29, 0.717) is 37.8 Å².